The quantitative estimate of drug-likeness (QED) is 0.540. The summed E-state index contributed by atoms with van der Waals surface area (Å²) in [5, 5.41) is 0. The van der Waals surface area contributed by atoms with Gasteiger partial charge < -0.3 is 9.47 Å². The van der Waals surface area contributed by atoms with Crippen molar-refractivity contribution in [3.8, 4) is 0 Å². The van der Waals surface area contributed by atoms with Gasteiger partial charge in [-0.25, -0.2) is 4.79 Å². The predicted octanol–water partition coefficient (Wildman–Crippen LogP) is 3.42. The van der Waals surface area contributed by atoms with Crippen LogP contribution in [0.2, 0.25) is 0 Å². The van der Waals surface area contributed by atoms with E-state index in [1.165, 1.54) is 7.11 Å². The summed E-state index contributed by atoms with van der Waals surface area (Å²) in [6.45, 7) is 12.8. The fraction of sp³-hybridized carbons (Fsp3) is 0.933. The van der Waals surface area contributed by atoms with E-state index in [0.717, 1.165) is 12.8 Å². The molecule has 0 bridgehead atoms. The van der Waals surface area contributed by atoms with Gasteiger partial charge in [-0.1, -0.05) is 41.5 Å². The summed E-state index contributed by atoms with van der Waals surface area (Å²) < 4.78 is 11.0. The number of carbonyl (C=O) groups is 1. The molecule has 18 heavy (non-hydrogen) atoms. The number of methoxy groups -OCH3 is 1. The predicted molar refractivity (Wildman–Crippen MR) is 72.3 cm³/mol. The first kappa shape index (κ1) is 15.5. The maximum Gasteiger partial charge on any atom is 0.341 e. The molecule has 1 saturated heterocycles. The van der Waals surface area contributed by atoms with Gasteiger partial charge in [0.2, 0.25) is 0 Å². The molecule has 3 heteroatoms. The van der Waals surface area contributed by atoms with Gasteiger partial charge in [0.15, 0.2) is 5.60 Å². The number of carbonyl (C=O) groups excluding carboxylic acids is 1. The highest BCUT2D eigenvalue weighted by molar-refractivity contribution is 5.85. The van der Waals surface area contributed by atoms with Gasteiger partial charge in [-0.2, -0.15) is 0 Å². The van der Waals surface area contributed by atoms with Crippen LogP contribution in [0.3, 0.4) is 0 Å². The molecule has 1 atom stereocenters. The molecule has 0 saturated carbocycles. The number of esters is 1. The van der Waals surface area contributed by atoms with Crippen LogP contribution in [0.15, 0.2) is 0 Å². The molecule has 0 N–H and O–H groups in total. The van der Waals surface area contributed by atoms with Crippen LogP contribution in [-0.4, -0.2) is 24.3 Å². The molecule has 0 amide bonds. The number of epoxide rings is 1. The first-order valence-corrected chi connectivity index (χ1v) is 7.00. The third kappa shape index (κ3) is 2.42. The zero-order valence-corrected chi connectivity index (χ0v) is 12.9. The Morgan fingerprint density at radius 3 is 1.78 bits per heavy atom. The van der Waals surface area contributed by atoms with Crippen molar-refractivity contribution in [3.05, 3.63) is 0 Å². The van der Waals surface area contributed by atoms with Crippen LogP contribution in [0, 0.1) is 17.8 Å². The number of ether oxygens (including phenoxy) is 2. The minimum Gasteiger partial charge on any atom is -0.467 e. The summed E-state index contributed by atoms with van der Waals surface area (Å²) >= 11 is 0. The van der Waals surface area contributed by atoms with Gasteiger partial charge in [0.05, 0.1) is 7.11 Å². The van der Waals surface area contributed by atoms with Crippen LogP contribution in [0.1, 0.15) is 54.4 Å². The van der Waals surface area contributed by atoms with E-state index in [0.29, 0.717) is 11.8 Å². The Balaban J connectivity index is 3.04. The lowest BCUT2D eigenvalue weighted by atomic mass is 9.75. The van der Waals surface area contributed by atoms with Crippen molar-refractivity contribution >= 4 is 5.97 Å². The Labute approximate surface area is 111 Å². The minimum atomic E-state index is -0.726. The monoisotopic (exact) mass is 256 g/mol. The largest absolute Gasteiger partial charge is 0.467 e. The van der Waals surface area contributed by atoms with Crippen LogP contribution in [0.4, 0.5) is 0 Å². The van der Waals surface area contributed by atoms with Gasteiger partial charge in [0.1, 0.15) is 5.60 Å². The number of hydrogen-bond acceptors (Lipinski definition) is 3. The van der Waals surface area contributed by atoms with Crippen LogP contribution in [0.25, 0.3) is 0 Å². The third-order valence-corrected chi connectivity index (χ3v) is 3.77. The van der Waals surface area contributed by atoms with Crippen molar-refractivity contribution in [2.75, 3.05) is 7.11 Å². The highest BCUT2D eigenvalue weighted by Crippen LogP contribution is 2.59. The first-order chi connectivity index (χ1) is 8.21. The molecule has 1 aliphatic rings. The molecular formula is C15H28O3. The SMILES string of the molecule is COC(=O)C1(C(C)C)OC1(CC(C)C)CC(C)C. The molecule has 1 unspecified atom stereocenters. The van der Waals surface area contributed by atoms with E-state index in [1.54, 1.807) is 0 Å². The van der Waals surface area contributed by atoms with Gasteiger partial charge in [0, 0.05) is 0 Å². The standard InChI is InChI=1S/C15H28O3/c1-10(2)8-14(9-11(3)4)15(18-14,12(5)6)13(16)17-7/h10-12H,8-9H2,1-7H3. The fourth-order valence-corrected chi connectivity index (χ4v) is 3.33. The molecule has 0 spiro atoms. The summed E-state index contributed by atoms with van der Waals surface area (Å²) in [6.07, 6.45) is 1.83. The second-order valence-electron chi connectivity index (χ2n) is 6.67. The van der Waals surface area contributed by atoms with E-state index in [9.17, 15) is 4.79 Å². The molecule has 0 aromatic rings. The molecule has 1 heterocycles. The highest BCUT2D eigenvalue weighted by atomic mass is 16.7. The molecule has 1 fully saturated rings. The van der Waals surface area contributed by atoms with Gasteiger partial charge in [-0.05, 0) is 30.6 Å². The van der Waals surface area contributed by atoms with Crippen LogP contribution < -0.4 is 0 Å². The Hall–Kier alpha value is -0.570. The van der Waals surface area contributed by atoms with Crippen LogP contribution in [-0.2, 0) is 14.3 Å². The summed E-state index contributed by atoms with van der Waals surface area (Å²) in [5.41, 5.74) is -1.05. The average molecular weight is 256 g/mol. The molecule has 0 aromatic carbocycles. The molecule has 1 rings (SSSR count). The fourth-order valence-electron chi connectivity index (χ4n) is 3.33. The van der Waals surface area contributed by atoms with Crippen molar-refractivity contribution in [2.24, 2.45) is 17.8 Å². The first-order valence-electron chi connectivity index (χ1n) is 7.00. The molecule has 0 radical (unpaired) electrons. The van der Waals surface area contributed by atoms with Crippen LogP contribution in [0.5, 0.6) is 0 Å². The average Bonchev–Trinajstić information content (AvgIpc) is 2.84. The van der Waals surface area contributed by atoms with E-state index in [2.05, 4.69) is 27.7 Å². The van der Waals surface area contributed by atoms with Crippen molar-refractivity contribution in [1.29, 1.82) is 0 Å². The minimum absolute atomic E-state index is 0.141. The second-order valence-corrected chi connectivity index (χ2v) is 6.67. The summed E-state index contributed by atoms with van der Waals surface area (Å²) in [5.74, 6) is 0.948. The lowest BCUT2D eigenvalue weighted by molar-refractivity contribution is -0.148. The smallest absolute Gasteiger partial charge is 0.341 e. The summed E-state index contributed by atoms with van der Waals surface area (Å²) in [7, 11) is 1.45. The van der Waals surface area contributed by atoms with Crippen molar-refractivity contribution < 1.29 is 14.3 Å². The number of hydrogen-bond donors (Lipinski definition) is 0. The Morgan fingerprint density at radius 1 is 1.06 bits per heavy atom. The molecule has 0 aliphatic carbocycles. The maximum atomic E-state index is 12.2. The molecular weight excluding hydrogens is 228 g/mol. The normalized spacial score (nSPS) is 25.9. The van der Waals surface area contributed by atoms with Gasteiger partial charge >= 0.3 is 5.97 Å². The van der Waals surface area contributed by atoms with E-state index < -0.39 is 5.60 Å². The Morgan fingerprint density at radius 2 is 1.50 bits per heavy atom. The highest BCUT2D eigenvalue weighted by Gasteiger charge is 2.76. The van der Waals surface area contributed by atoms with Crippen molar-refractivity contribution in [2.45, 2.75) is 65.6 Å². The molecule has 0 aromatic heterocycles. The second kappa shape index (κ2) is 5.20. The van der Waals surface area contributed by atoms with Crippen molar-refractivity contribution in [1.82, 2.24) is 0 Å². The number of rotatable bonds is 6. The summed E-state index contributed by atoms with van der Waals surface area (Å²) in [4.78, 5) is 12.2. The van der Waals surface area contributed by atoms with E-state index >= 15 is 0 Å². The van der Waals surface area contributed by atoms with Gasteiger partial charge in [-0.3, -0.25) is 0 Å². The van der Waals surface area contributed by atoms with Gasteiger partial charge in [0.25, 0.3) is 0 Å². The zero-order valence-electron chi connectivity index (χ0n) is 12.9. The van der Waals surface area contributed by atoms with Crippen LogP contribution >= 0.6 is 0 Å². The topological polar surface area (TPSA) is 38.8 Å². The third-order valence-electron chi connectivity index (χ3n) is 3.77. The Kier molecular flexibility index (Phi) is 4.47. The van der Waals surface area contributed by atoms with E-state index in [-0.39, 0.29) is 17.5 Å². The van der Waals surface area contributed by atoms with E-state index in [4.69, 9.17) is 9.47 Å². The Bertz CT molecular complexity index is 297. The lowest BCUT2D eigenvalue weighted by Crippen LogP contribution is -2.41. The maximum absolute atomic E-state index is 12.2. The van der Waals surface area contributed by atoms with E-state index in [1.807, 2.05) is 13.8 Å². The molecule has 106 valence electrons. The summed E-state index contributed by atoms with van der Waals surface area (Å²) in [6, 6.07) is 0. The zero-order chi connectivity index (χ0) is 14.1. The van der Waals surface area contributed by atoms with Gasteiger partial charge in [-0.15, -0.1) is 0 Å². The lowest BCUT2D eigenvalue weighted by Gasteiger charge is -2.24. The van der Waals surface area contributed by atoms with Crippen molar-refractivity contribution in [3.63, 3.8) is 0 Å². The molecule has 3 nitrogen and oxygen atoms in total. The molecule has 1 aliphatic heterocycles.